The monoisotopic (exact) mass is 480 g/mol. The lowest BCUT2D eigenvalue weighted by Crippen LogP contribution is -2.60. The van der Waals surface area contributed by atoms with Gasteiger partial charge in [0.25, 0.3) is 0 Å². The molecule has 0 spiro atoms. The average molecular weight is 481 g/mol. The molecule has 0 aromatic heterocycles. The fourth-order valence-electron chi connectivity index (χ4n) is 10.0. The molecule has 34 heavy (non-hydrogen) atoms. The standard InChI is InChI=1S/C27H38F2O5/c1-16-21-5-17-3-18(6-21)8-26(16,7-17)14-32-15-33-23(31)25-9-19-4-20(10-25)12-27(11-19,13-25)34-22(30)24(2,28)29/h16-21H,3-15H2,1-2H3. The highest BCUT2D eigenvalue weighted by molar-refractivity contribution is 5.79. The molecule has 5 atom stereocenters. The van der Waals surface area contributed by atoms with Gasteiger partial charge in [-0.25, -0.2) is 4.79 Å². The molecule has 0 heterocycles. The summed E-state index contributed by atoms with van der Waals surface area (Å²) in [5.74, 6) is -1.75. The quantitative estimate of drug-likeness (QED) is 0.273. The minimum absolute atomic E-state index is 0.0514. The zero-order valence-corrected chi connectivity index (χ0v) is 20.5. The van der Waals surface area contributed by atoms with Crippen molar-refractivity contribution in [2.24, 2.45) is 46.3 Å². The Kier molecular flexibility index (Phi) is 5.20. The Balaban J connectivity index is 1.08. The summed E-state index contributed by atoms with van der Waals surface area (Å²) in [6, 6.07) is 0. The van der Waals surface area contributed by atoms with Gasteiger partial charge in [-0.05, 0) is 105 Å². The van der Waals surface area contributed by atoms with Gasteiger partial charge < -0.3 is 14.2 Å². The van der Waals surface area contributed by atoms with Crippen molar-refractivity contribution in [1.82, 2.24) is 0 Å². The van der Waals surface area contributed by atoms with E-state index in [1.807, 2.05) is 0 Å². The molecule has 8 bridgehead atoms. The Morgan fingerprint density at radius 2 is 1.53 bits per heavy atom. The number of ether oxygens (including phenoxy) is 3. The first-order valence-corrected chi connectivity index (χ1v) is 13.4. The van der Waals surface area contributed by atoms with Gasteiger partial charge in [0.1, 0.15) is 5.60 Å². The smallest absolute Gasteiger partial charge is 0.377 e. The van der Waals surface area contributed by atoms with Gasteiger partial charge in [-0.2, -0.15) is 8.78 Å². The first-order valence-electron chi connectivity index (χ1n) is 13.4. The van der Waals surface area contributed by atoms with E-state index in [1.54, 1.807) is 0 Å². The van der Waals surface area contributed by atoms with Crippen LogP contribution in [0.4, 0.5) is 8.78 Å². The second-order valence-corrected chi connectivity index (χ2v) is 13.4. The number of hydrogen-bond donors (Lipinski definition) is 0. The number of carbonyl (C=O) groups excluding carboxylic acids is 2. The van der Waals surface area contributed by atoms with Crippen molar-refractivity contribution in [3.05, 3.63) is 0 Å². The van der Waals surface area contributed by atoms with Crippen LogP contribution in [-0.2, 0) is 23.8 Å². The SMILES string of the molecule is CC1C2CC3CC(C2)CC1(COCOC(=O)C12CC4CC(CC(OC(=O)C(C)(F)F)(C4)C1)C2)C3. The minimum Gasteiger partial charge on any atom is -0.455 e. The lowest BCUT2D eigenvalue weighted by atomic mass is 9.46. The van der Waals surface area contributed by atoms with Gasteiger partial charge >= 0.3 is 17.9 Å². The number of halogens is 2. The maximum atomic E-state index is 13.6. The highest BCUT2D eigenvalue weighted by Crippen LogP contribution is 2.64. The van der Waals surface area contributed by atoms with Gasteiger partial charge in [0, 0.05) is 13.3 Å². The molecule has 0 aromatic rings. The zero-order valence-electron chi connectivity index (χ0n) is 20.5. The van der Waals surface area contributed by atoms with Crippen LogP contribution in [0.25, 0.3) is 0 Å². The minimum atomic E-state index is -3.53. The van der Waals surface area contributed by atoms with Crippen molar-refractivity contribution in [1.29, 1.82) is 0 Å². The predicted octanol–water partition coefficient (Wildman–Crippen LogP) is 5.50. The van der Waals surface area contributed by atoms with Crippen LogP contribution < -0.4 is 0 Å². The van der Waals surface area contributed by atoms with Crippen LogP contribution in [0.1, 0.15) is 84.5 Å². The Morgan fingerprint density at radius 1 is 0.912 bits per heavy atom. The molecule has 8 aliphatic rings. The van der Waals surface area contributed by atoms with E-state index < -0.39 is 22.9 Å². The van der Waals surface area contributed by atoms with Crippen LogP contribution in [0.15, 0.2) is 0 Å². The highest BCUT2D eigenvalue weighted by Gasteiger charge is 2.64. The van der Waals surface area contributed by atoms with Gasteiger partial charge in [0.05, 0.1) is 12.0 Å². The lowest BCUT2D eigenvalue weighted by Gasteiger charge is -2.60. The van der Waals surface area contributed by atoms with E-state index in [0.717, 1.165) is 24.2 Å². The van der Waals surface area contributed by atoms with Crippen molar-refractivity contribution in [3.63, 3.8) is 0 Å². The summed E-state index contributed by atoms with van der Waals surface area (Å²) in [7, 11) is 0. The van der Waals surface area contributed by atoms with Crippen LogP contribution in [0.2, 0.25) is 0 Å². The molecule has 5 unspecified atom stereocenters. The normalized spacial score (nSPS) is 48.2. The molecule has 0 aromatic carbocycles. The Hall–Kier alpha value is -1.24. The molecule has 0 N–H and O–H groups in total. The second kappa shape index (κ2) is 7.63. The zero-order chi connectivity index (χ0) is 23.9. The van der Waals surface area contributed by atoms with Crippen molar-refractivity contribution in [3.8, 4) is 0 Å². The third-order valence-electron chi connectivity index (χ3n) is 10.8. The fraction of sp³-hybridized carbons (Fsp3) is 0.926. The third kappa shape index (κ3) is 3.70. The van der Waals surface area contributed by atoms with E-state index in [-0.39, 0.29) is 30.0 Å². The lowest BCUT2D eigenvalue weighted by molar-refractivity contribution is -0.229. The number of hydrogen-bond acceptors (Lipinski definition) is 5. The van der Waals surface area contributed by atoms with E-state index in [1.165, 1.54) is 32.1 Å². The fourth-order valence-corrected chi connectivity index (χ4v) is 10.0. The van der Waals surface area contributed by atoms with Crippen molar-refractivity contribution < 1.29 is 32.6 Å². The molecular weight excluding hydrogens is 442 g/mol. The predicted molar refractivity (Wildman–Crippen MR) is 119 cm³/mol. The summed E-state index contributed by atoms with van der Waals surface area (Å²) in [5.41, 5.74) is -1.48. The van der Waals surface area contributed by atoms with E-state index in [0.29, 0.717) is 51.6 Å². The van der Waals surface area contributed by atoms with Crippen molar-refractivity contribution >= 4 is 11.9 Å². The largest absolute Gasteiger partial charge is 0.455 e. The molecule has 0 saturated heterocycles. The molecule has 8 fully saturated rings. The van der Waals surface area contributed by atoms with Crippen LogP contribution in [-0.4, -0.2) is 36.9 Å². The molecule has 0 amide bonds. The summed E-state index contributed by atoms with van der Waals surface area (Å²) < 4.78 is 44.3. The molecule has 8 saturated carbocycles. The molecule has 0 radical (unpaired) electrons. The third-order valence-corrected chi connectivity index (χ3v) is 10.8. The van der Waals surface area contributed by atoms with E-state index in [2.05, 4.69) is 6.92 Å². The highest BCUT2D eigenvalue weighted by atomic mass is 19.3. The number of carbonyl (C=O) groups is 2. The van der Waals surface area contributed by atoms with Gasteiger partial charge in [0.15, 0.2) is 6.79 Å². The maximum absolute atomic E-state index is 13.6. The average Bonchev–Trinajstić information content (AvgIpc) is 2.72. The van der Waals surface area contributed by atoms with Gasteiger partial charge in [-0.3, -0.25) is 4.79 Å². The molecule has 8 rings (SSSR count). The van der Waals surface area contributed by atoms with E-state index in [4.69, 9.17) is 14.2 Å². The summed E-state index contributed by atoms with van der Waals surface area (Å²) in [4.78, 5) is 25.3. The number of rotatable bonds is 7. The van der Waals surface area contributed by atoms with E-state index in [9.17, 15) is 18.4 Å². The maximum Gasteiger partial charge on any atom is 0.377 e. The molecular formula is C27H38F2O5. The summed E-state index contributed by atoms with van der Waals surface area (Å²) in [6.07, 6.45) is 10.4. The van der Waals surface area contributed by atoms with Gasteiger partial charge in [-0.1, -0.05) is 6.92 Å². The molecule has 0 aliphatic heterocycles. The summed E-state index contributed by atoms with van der Waals surface area (Å²) in [6.45, 7) is 3.55. The Bertz CT molecular complexity index is 838. The van der Waals surface area contributed by atoms with E-state index >= 15 is 0 Å². The Morgan fingerprint density at radius 3 is 2.15 bits per heavy atom. The van der Waals surface area contributed by atoms with Gasteiger partial charge in [-0.15, -0.1) is 0 Å². The molecule has 5 nitrogen and oxygen atoms in total. The van der Waals surface area contributed by atoms with Crippen LogP contribution in [0, 0.1) is 46.3 Å². The Labute approximate surface area is 200 Å². The summed E-state index contributed by atoms with van der Waals surface area (Å²) >= 11 is 0. The second-order valence-electron chi connectivity index (χ2n) is 13.4. The first kappa shape index (κ1) is 23.2. The molecule has 190 valence electrons. The van der Waals surface area contributed by atoms with Gasteiger partial charge in [0.2, 0.25) is 0 Å². The number of esters is 2. The molecule has 7 heteroatoms. The molecule has 8 aliphatic carbocycles. The van der Waals surface area contributed by atoms with Crippen LogP contribution in [0.3, 0.4) is 0 Å². The van der Waals surface area contributed by atoms with Crippen molar-refractivity contribution in [2.45, 2.75) is 96.0 Å². The van der Waals surface area contributed by atoms with Crippen LogP contribution in [0.5, 0.6) is 0 Å². The van der Waals surface area contributed by atoms with Crippen molar-refractivity contribution in [2.75, 3.05) is 13.4 Å². The summed E-state index contributed by atoms with van der Waals surface area (Å²) in [5, 5.41) is 0. The topological polar surface area (TPSA) is 61.8 Å². The first-order chi connectivity index (χ1) is 16.0. The number of alkyl halides is 2. The van der Waals surface area contributed by atoms with Crippen LogP contribution >= 0.6 is 0 Å².